The fraction of sp³-hybridized carbons (Fsp3) is 0.923. The van der Waals surface area contributed by atoms with Crippen LogP contribution in [0.3, 0.4) is 0 Å². The predicted octanol–water partition coefficient (Wildman–Crippen LogP) is 3.32. The molecule has 3 heteroatoms. The van der Waals surface area contributed by atoms with Crippen LogP contribution in [0.2, 0.25) is 0 Å². The number of carbonyl (C=O) groups excluding carboxylic acids is 1. The Balaban J connectivity index is 3.60. The monoisotopic (exact) mass is 230 g/mol. The van der Waals surface area contributed by atoms with Gasteiger partial charge in [-0.1, -0.05) is 33.6 Å². The van der Waals surface area contributed by atoms with Crippen LogP contribution in [0.25, 0.3) is 0 Å². The summed E-state index contributed by atoms with van der Waals surface area (Å²) in [5.41, 5.74) is 0. The lowest BCUT2D eigenvalue weighted by atomic mass is 10.2. The van der Waals surface area contributed by atoms with Gasteiger partial charge in [-0.05, 0) is 19.3 Å². The van der Waals surface area contributed by atoms with Crippen molar-refractivity contribution in [2.45, 2.75) is 65.4 Å². The standard InChI is InChI=1S/C13H26O3/c1-4-7-8-10-15-12(6-3)11-13(14)16-9-5-2/h12H,4-11H2,1-3H3. The van der Waals surface area contributed by atoms with Gasteiger partial charge in [0.25, 0.3) is 0 Å². The average molecular weight is 230 g/mol. The zero-order chi connectivity index (χ0) is 12.2. The van der Waals surface area contributed by atoms with E-state index in [4.69, 9.17) is 9.47 Å². The molecule has 16 heavy (non-hydrogen) atoms. The lowest BCUT2D eigenvalue weighted by molar-refractivity contribution is -0.147. The Morgan fingerprint density at radius 1 is 1.06 bits per heavy atom. The molecule has 0 aliphatic heterocycles. The number of ether oxygens (including phenoxy) is 2. The number of carbonyl (C=O) groups is 1. The largest absolute Gasteiger partial charge is 0.466 e. The molecule has 1 unspecified atom stereocenters. The Bertz CT molecular complexity index is 169. The molecule has 1 atom stereocenters. The second kappa shape index (κ2) is 10.9. The van der Waals surface area contributed by atoms with Gasteiger partial charge in [0.15, 0.2) is 0 Å². The summed E-state index contributed by atoms with van der Waals surface area (Å²) in [5.74, 6) is -0.135. The van der Waals surface area contributed by atoms with E-state index in [1.807, 2.05) is 13.8 Å². The molecule has 0 spiro atoms. The fourth-order valence-corrected chi connectivity index (χ4v) is 1.38. The molecule has 0 aromatic heterocycles. The van der Waals surface area contributed by atoms with E-state index < -0.39 is 0 Å². The Hall–Kier alpha value is -0.570. The molecular formula is C13H26O3. The van der Waals surface area contributed by atoms with Crippen LogP contribution < -0.4 is 0 Å². The molecule has 3 nitrogen and oxygen atoms in total. The van der Waals surface area contributed by atoms with Gasteiger partial charge in [0.1, 0.15) is 0 Å². The van der Waals surface area contributed by atoms with Crippen LogP contribution in [-0.2, 0) is 14.3 Å². The quantitative estimate of drug-likeness (QED) is 0.426. The maximum atomic E-state index is 11.4. The molecule has 0 aromatic carbocycles. The minimum Gasteiger partial charge on any atom is -0.466 e. The molecule has 96 valence electrons. The predicted molar refractivity (Wildman–Crippen MR) is 65.4 cm³/mol. The van der Waals surface area contributed by atoms with Crippen LogP contribution in [-0.4, -0.2) is 25.3 Å². The highest BCUT2D eigenvalue weighted by atomic mass is 16.5. The summed E-state index contributed by atoms with van der Waals surface area (Å²) in [5, 5.41) is 0. The summed E-state index contributed by atoms with van der Waals surface area (Å²) in [7, 11) is 0. The molecular weight excluding hydrogens is 204 g/mol. The first kappa shape index (κ1) is 15.4. The number of hydrogen-bond acceptors (Lipinski definition) is 3. The highest BCUT2D eigenvalue weighted by Gasteiger charge is 2.13. The Morgan fingerprint density at radius 2 is 1.81 bits per heavy atom. The second-order valence-electron chi connectivity index (χ2n) is 4.03. The number of hydrogen-bond donors (Lipinski definition) is 0. The molecule has 0 bridgehead atoms. The summed E-state index contributed by atoms with van der Waals surface area (Å²) in [6.45, 7) is 7.47. The third-order valence-electron chi connectivity index (χ3n) is 2.42. The van der Waals surface area contributed by atoms with Gasteiger partial charge < -0.3 is 9.47 Å². The normalized spacial score (nSPS) is 12.4. The van der Waals surface area contributed by atoms with Crippen molar-refractivity contribution in [3.05, 3.63) is 0 Å². The van der Waals surface area contributed by atoms with Crippen molar-refractivity contribution in [3.8, 4) is 0 Å². The molecule has 0 rings (SSSR count). The van der Waals surface area contributed by atoms with Crippen molar-refractivity contribution in [1.29, 1.82) is 0 Å². The molecule has 0 heterocycles. The molecule has 0 aliphatic carbocycles. The van der Waals surface area contributed by atoms with Crippen LogP contribution >= 0.6 is 0 Å². The van der Waals surface area contributed by atoms with Crippen molar-refractivity contribution in [1.82, 2.24) is 0 Å². The highest BCUT2D eigenvalue weighted by Crippen LogP contribution is 2.07. The van der Waals surface area contributed by atoms with Gasteiger partial charge in [-0.15, -0.1) is 0 Å². The van der Waals surface area contributed by atoms with Gasteiger partial charge in [-0.3, -0.25) is 4.79 Å². The summed E-state index contributed by atoms with van der Waals surface area (Å²) in [6.07, 6.45) is 5.63. The zero-order valence-corrected chi connectivity index (χ0v) is 11.0. The van der Waals surface area contributed by atoms with E-state index in [0.717, 1.165) is 25.9 Å². The molecule has 0 amide bonds. The SMILES string of the molecule is CCCCCOC(CC)CC(=O)OCCC. The third kappa shape index (κ3) is 8.72. The molecule has 0 saturated heterocycles. The molecule has 0 N–H and O–H groups in total. The zero-order valence-electron chi connectivity index (χ0n) is 11.0. The first-order valence-corrected chi connectivity index (χ1v) is 6.51. The molecule has 0 aromatic rings. The fourth-order valence-electron chi connectivity index (χ4n) is 1.38. The maximum Gasteiger partial charge on any atom is 0.308 e. The van der Waals surface area contributed by atoms with Crippen molar-refractivity contribution in [2.75, 3.05) is 13.2 Å². The number of rotatable bonds is 10. The Kier molecular flexibility index (Phi) is 10.5. The van der Waals surface area contributed by atoms with Crippen LogP contribution in [0, 0.1) is 0 Å². The Labute approximate surface area is 99.5 Å². The summed E-state index contributed by atoms with van der Waals surface area (Å²) in [4.78, 5) is 11.4. The molecule has 0 aliphatic rings. The van der Waals surface area contributed by atoms with E-state index in [-0.39, 0.29) is 12.1 Å². The van der Waals surface area contributed by atoms with Gasteiger partial charge in [-0.2, -0.15) is 0 Å². The van der Waals surface area contributed by atoms with Crippen molar-refractivity contribution >= 4 is 5.97 Å². The number of esters is 1. The van der Waals surface area contributed by atoms with Crippen LogP contribution in [0.15, 0.2) is 0 Å². The topological polar surface area (TPSA) is 35.5 Å². The molecule has 0 saturated carbocycles. The van der Waals surface area contributed by atoms with Gasteiger partial charge in [0.2, 0.25) is 0 Å². The minimum atomic E-state index is -0.135. The Morgan fingerprint density at radius 3 is 2.38 bits per heavy atom. The van der Waals surface area contributed by atoms with Crippen LogP contribution in [0.1, 0.15) is 59.3 Å². The second-order valence-corrected chi connectivity index (χ2v) is 4.03. The van der Waals surface area contributed by atoms with Gasteiger partial charge in [0.05, 0.1) is 19.1 Å². The smallest absolute Gasteiger partial charge is 0.308 e. The van der Waals surface area contributed by atoms with E-state index in [0.29, 0.717) is 13.0 Å². The molecule has 0 radical (unpaired) electrons. The summed E-state index contributed by atoms with van der Waals surface area (Å²) >= 11 is 0. The average Bonchev–Trinajstić information content (AvgIpc) is 2.30. The van der Waals surface area contributed by atoms with Gasteiger partial charge >= 0.3 is 5.97 Å². The van der Waals surface area contributed by atoms with Gasteiger partial charge in [-0.25, -0.2) is 0 Å². The van der Waals surface area contributed by atoms with E-state index >= 15 is 0 Å². The van der Waals surface area contributed by atoms with Crippen LogP contribution in [0.4, 0.5) is 0 Å². The first-order chi connectivity index (χ1) is 7.74. The van der Waals surface area contributed by atoms with E-state index in [9.17, 15) is 4.79 Å². The van der Waals surface area contributed by atoms with Crippen molar-refractivity contribution < 1.29 is 14.3 Å². The minimum absolute atomic E-state index is 0.0289. The maximum absolute atomic E-state index is 11.4. The lowest BCUT2D eigenvalue weighted by Crippen LogP contribution is -2.19. The summed E-state index contributed by atoms with van der Waals surface area (Å²) in [6, 6.07) is 0. The van der Waals surface area contributed by atoms with E-state index in [1.165, 1.54) is 12.8 Å². The number of unbranched alkanes of at least 4 members (excludes halogenated alkanes) is 2. The lowest BCUT2D eigenvalue weighted by Gasteiger charge is -2.15. The van der Waals surface area contributed by atoms with Crippen molar-refractivity contribution in [2.24, 2.45) is 0 Å². The molecule has 0 fully saturated rings. The van der Waals surface area contributed by atoms with E-state index in [2.05, 4.69) is 6.92 Å². The van der Waals surface area contributed by atoms with Crippen LogP contribution in [0.5, 0.6) is 0 Å². The first-order valence-electron chi connectivity index (χ1n) is 6.51. The highest BCUT2D eigenvalue weighted by molar-refractivity contribution is 5.69. The third-order valence-corrected chi connectivity index (χ3v) is 2.42. The van der Waals surface area contributed by atoms with Gasteiger partial charge in [0, 0.05) is 6.61 Å². The van der Waals surface area contributed by atoms with E-state index in [1.54, 1.807) is 0 Å². The van der Waals surface area contributed by atoms with Crippen molar-refractivity contribution in [3.63, 3.8) is 0 Å². The summed E-state index contributed by atoms with van der Waals surface area (Å²) < 4.78 is 10.7.